The van der Waals surface area contributed by atoms with Crippen molar-refractivity contribution in [3.8, 4) is 34.9 Å². The first kappa shape index (κ1) is 107. The number of likely N-dealkylation sites (tertiary alicyclic amines) is 2. The number of esters is 5. The number of nitrogens with one attached hydrogen (secondary N) is 1. The van der Waals surface area contributed by atoms with E-state index >= 15 is 0 Å². The van der Waals surface area contributed by atoms with E-state index < -0.39 is 82.7 Å². The summed E-state index contributed by atoms with van der Waals surface area (Å²) in [6.07, 6.45) is 20.7. The number of fused-ring (bicyclic) bond motifs is 3. The summed E-state index contributed by atoms with van der Waals surface area (Å²) in [4.78, 5) is 127. The minimum atomic E-state index is -0.906. The molecule has 7 fully saturated rings. The highest BCUT2D eigenvalue weighted by Gasteiger charge is 2.55. The number of carbonyl (C=O) groups is 7. The highest BCUT2D eigenvalue weighted by Crippen LogP contribution is 2.46. The Hall–Kier alpha value is -9.18. The maximum absolute atomic E-state index is 14.7. The average molecular weight is 1850 g/mol. The minimum Gasteiger partial charge on any atom is -0.497 e. The SMILES string of the molecule is C.C.C.C=CCCC[C@@H]1C[C@H]1OC(=O)C[C@H](C(=O)N1C[C@H](Oc2nc3cc(OC)ccc3nc2C=C)[C@@H](CC)[C@H]1C(=O)OC(C)(C)C)C1CCCC1.C=CCCC[C@@H]1C[C@H]1OC(=O)C[C@H](C(=O)N1C[C@H](Oc2nc3cc(OC)ccc3nc2Cl)[C@@H](CC)[C@H]1C(=O)OC(C)(C)C)C1CCCC1.CC[C@@H]1[C@@H](Oc2nc3cc(OC)ccc3nc2Cl)CN[C@@H]1C(=O)OC(C)(C)C.Cl. The molecular weight excluding hydrogens is 1710 g/mol. The summed E-state index contributed by atoms with van der Waals surface area (Å²) in [5.74, 6) is -1.10. The Kier molecular flexibility index (Phi) is 39.6. The first-order chi connectivity index (χ1) is 59.6. The van der Waals surface area contributed by atoms with Gasteiger partial charge < -0.3 is 67.2 Å². The van der Waals surface area contributed by atoms with Crippen LogP contribution in [0.2, 0.25) is 10.3 Å². The number of unbranched alkanes of at least 4 members (excludes halogenated alkanes) is 2. The Bertz CT molecular complexity index is 4810. The van der Waals surface area contributed by atoms with Crippen LogP contribution in [0.5, 0.6) is 34.9 Å². The second-order valence-electron chi connectivity index (χ2n) is 37.1. The summed E-state index contributed by atoms with van der Waals surface area (Å²) in [7, 11) is 4.75. The Morgan fingerprint density at radius 1 is 0.481 bits per heavy atom. The lowest BCUT2D eigenvalue weighted by Gasteiger charge is -2.33. The number of halogens is 3. The molecule has 6 heterocycles. The van der Waals surface area contributed by atoms with Gasteiger partial charge in [-0.1, -0.05) is 111 Å². The summed E-state index contributed by atoms with van der Waals surface area (Å²) in [5.41, 5.74) is 2.03. The number of rotatable bonds is 34. The van der Waals surface area contributed by atoms with Gasteiger partial charge >= 0.3 is 29.8 Å². The van der Waals surface area contributed by atoms with Gasteiger partial charge in [0.1, 0.15) is 88.4 Å². The molecule has 13 rings (SSSR count). The molecule has 0 unspecified atom stereocenters. The van der Waals surface area contributed by atoms with E-state index in [-0.39, 0.29) is 154 Å². The molecule has 2 amide bonds. The zero-order chi connectivity index (χ0) is 90.4. The molecule has 4 aliphatic carbocycles. The molecule has 3 aromatic carbocycles. The third-order valence-electron chi connectivity index (χ3n) is 24.6. The zero-order valence-electron chi connectivity index (χ0n) is 75.9. The van der Waals surface area contributed by atoms with Crippen LogP contribution in [0.15, 0.2) is 86.5 Å². The van der Waals surface area contributed by atoms with Crippen LogP contribution in [0.1, 0.15) is 246 Å². The van der Waals surface area contributed by atoms with Gasteiger partial charge in [-0.2, -0.15) is 0 Å². The van der Waals surface area contributed by atoms with Gasteiger partial charge in [0.2, 0.25) is 17.7 Å². The van der Waals surface area contributed by atoms with E-state index in [1.54, 1.807) is 100 Å². The summed E-state index contributed by atoms with van der Waals surface area (Å²) in [5, 5.41) is 3.48. The van der Waals surface area contributed by atoms with Crippen molar-refractivity contribution in [1.82, 2.24) is 45.0 Å². The lowest BCUT2D eigenvalue weighted by atomic mass is 9.86. The topological polar surface area (TPSA) is 317 Å². The quantitative estimate of drug-likeness (QED) is 0.0170. The van der Waals surface area contributed by atoms with Gasteiger partial charge in [0.05, 0.1) is 92.2 Å². The Labute approximate surface area is 779 Å². The van der Waals surface area contributed by atoms with Crippen LogP contribution in [0, 0.1) is 53.3 Å². The predicted molar refractivity (Wildman–Crippen MR) is 505 cm³/mol. The molecule has 0 radical (unpaired) electrons. The highest BCUT2D eigenvalue weighted by molar-refractivity contribution is 6.31. The smallest absolute Gasteiger partial charge is 0.329 e. The maximum atomic E-state index is 14.7. The molecule has 30 heteroatoms. The normalized spacial score (nSPS) is 23.3. The van der Waals surface area contributed by atoms with Crippen LogP contribution in [-0.4, -0.2) is 188 Å². The van der Waals surface area contributed by atoms with Gasteiger partial charge in [-0.25, -0.2) is 39.5 Å². The fourth-order valence-corrected chi connectivity index (χ4v) is 18.6. The van der Waals surface area contributed by atoms with Crippen molar-refractivity contribution >= 4 is 116 Å². The number of hydrogen-bond acceptors (Lipinski definition) is 25. The monoisotopic (exact) mass is 1850 g/mol. The van der Waals surface area contributed by atoms with Crippen molar-refractivity contribution in [2.45, 2.75) is 306 Å². The van der Waals surface area contributed by atoms with Crippen molar-refractivity contribution in [1.29, 1.82) is 0 Å². The van der Waals surface area contributed by atoms with E-state index in [1.165, 1.54) is 0 Å². The van der Waals surface area contributed by atoms with E-state index in [1.807, 2.05) is 86.6 Å². The molecule has 4 saturated carbocycles. The molecule has 15 atom stereocenters. The van der Waals surface area contributed by atoms with Crippen molar-refractivity contribution in [2.24, 2.45) is 53.3 Å². The molecule has 3 aromatic heterocycles. The molecule has 712 valence electrons. The van der Waals surface area contributed by atoms with Crippen molar-refractivity contribution in [3.05, 3.63) is 102 Å². The molecule has 3 aliphatic heterocycles. The van der Waals surface area contributed by atoms with E-state index in [0.717, 1.165) is 109 Å². The Morgan fingerprint density at radius 3 is 1.19 bits per heavy atom. The number of hydrogen-bond donors (Lipinski definition) is 1. The van der Waals surface area contributed by atoms with Gasteiger partial charge in [-0.05, 0) is 225 Å². The number of methoxy groups -OCH3 is 3. The van der Waals surface area contributed by atoms with Crippen LogP contribution >= 0.6 is 35.6 Å². The first-order valence-electron chi connectivity index (χ1n) is 44.7. The van der Waals surface area contributed by atoms with E-state index in [2.05, 4.69) is 45.0 Å². The number of carbonyl (C=O) groups excluding carboxylic acids is 7. The third kappa shape index (κ3) is 28.2. The second kappa shape index (κ2) is 47.8. The molecular formula is C99H142Cl3N9O18. The average Bonchev–Trinajstić information content (AvgIpc) is 1.62. The summed E-state index contributed by atoms with van der Waals surface area (Å²) in [6, 6.07) is 13.8. The van der Waals surface area contributed by atoms with Crippen LogP contribution < -0.4 is 33.7 Å². The Morgan fingerprint density at radius 2 is 0.837 bits per heavy atom. The lowest BCUT2D eigenvalue weighted by Crippen LogP contribution is -2.49. The van der Waals surface area contributed by atoms with Crippen molar-refractivity contribution < 1.29 is 85.7 Å². The van der Waals surface area contributed by atoms with Gasteiger partial charge in [-0.15, -0.1) is 25.6 Å². The number of benzene rings is 3. The van der Waals surface area contributed by atoms with Gasteiger partial charge in [0.15, 0.2) is 10.3 Å². The molecule has 3 saturated heterocycles. The fourth-order valence-electron chi connectivity index (χ4n) is 18.2. The summed E-state index contributed by atoms with van der Waals surface area (Å²) < 4.78 is 64.2. The molecule has 6 aromatic rings. The second-order valence-corrected chi connectivity index (χ2v) is 37.8. The number of nitrogens with zero attached hydrogens (tertiary/aromatic N) is 8. The number of allylic oxidation sites excluding steroid dienone is 2. The molecule has 7 aliphatic rings. The molecule has 129 heavy (non-hydrogen) atoms. The lowest BCUT2D eigenvalue weighted by molar-refractivity contribution is -0.167. The fraction of sp³-hybridized carbons (Fsp3) is 0.626. The summed E-state index contributed by atoms with van der Waals surface area (Å²) >= 11 is 12.8. The van der Waals surface area contributed by atoms with Crippen LogP contribution in [0.3, 0.4) is 0 Å². The van der Waals surface area contributed by atoms with Gasteiger partial charge in [0.25, 0.3) is 11.8 Å². The zero-order valence-corrected chi connectivity index (χ0v) is 78.3. The van der Waals surface area contributed by atoms with Crippen molar-refractivity contribution in [3.63, 3.8) is 0 Å². The van der Waals surface area contributed by atoms with Crippen molar-refractivity contribution in [2.75, 3.05) is 41.0 Å². The largest absolute Gasteiger partial charge is 0.497 e. The standard InChI is InChI=1S/C39H53N3O7.C37H50ClN3O7.C20H26ClN3O4.3CH4.ClH/c1-8-11-12-17-25-20-32(25)47-34(43)22-28(24-15-13-14-16-24)37(44)42-23-33(27(9-2)35(42)38(45)49-39(4,5)6)48-36-29(10-3)40-30-19-18-26(46-7)21-31(30)41-36;1-7-9-10-15-23-18-29(23)46-31(42)20-26(22-13-11-12-14-22)35(43)41-21-30(25(8-2)32(41)36(44)48-37(3,4)5)47-34-33(38)39-27-17-16-24(45-6)19-28(27)40-34;1-6-12-15(10-22-16(12)19(25)28-20(2,3)4)27-18-17(21)23-13-8-7-11(26-5)9-14(13)24-18;;;;/h8,10,18-19,21,24-25,27-28,32-33,35H,1,3,9,11-17,20,22-23H2,2,4-7H3;7,16-17,19,22-23,25-26,29-30,32H,1,8-15,18,20-21H2,2-6H3;7-9,12,15-16,22H,6,10H2,1-5H3;3*1H4;1H/t25-,27-,28+,32-,33+,35+;23-,25-,26+,29-,30+,32+;12-,15+,16+;;;;/m111..../s1. The minimum absolute atomic E-state index is 0. The Balaban J connectivity index is 0.000000270. The maximum Gasteiger partial charge on any atom is 0.329 e. The van der Waals surface area contributed by atoms with E-state index in [0.29, 0.717) is 87.3 Å². The molecule has 0 spiro atoms. The molecule has 1 N–H and O–H groups in total. The van der Waals surface area contributed by atoms with Gasteiger partial charge in [0, 0.05) is 42.5 Å². The molecule has 0 bridgehead atoms. The van der Waals surface area contributed by atoms with E-state index in [4.69, 9.17) is 85.3 Å². The van der Waals surface area contributed by atoms with Crippen LogP contribution in [0.25, 0.3) is 39.2 Å². The number of aromatic nitrogens is 6. The highest BCUT2D eigenvalue weighted by atomic mass is 35.5. The molecule has 27 nitrogen and oxygen atoms in total. The third-order valence-corrected chi connectivity index (χ3v) is 25.1. The number of amides is 2. The van der Waals surface area contributed by atoms with E-state index in [9.17, 15) is 33.6 Å². The first-order valence-corrected chi connectivity index (χ1v) is 45.5. The van der Waals surface area contributed by atoms with Crippen LogP contribution in [-0.2, 0) is 57.2 Å². The number of ether oxygens (including phenoxy) is 11. The summed E-state index contributed by atoms with van der Waals surface area (Å²) in [6.45, 7) is 34.6. The van der Waals surface area contributed by atoms with Gasteiger partial charge in [-0.3, -0.25) is 24.0 Å². The van der Waals surface area contributed by atoms with Crippen LogP contribution in [0.4, 0.5) is 0 Å². The predicted octanol–water partition coefficient (Wildman–Crippen LogP) is 19.9.